The molecular formula is C27H29ClF2N2O5S. The zero-order valence-electron chi connectivity index (χ0n) is 20.8. The van der Waals surface area contributed by atoms with Crippen LogP contribution in [0.2, 0.25) is 5.02 Å². The largest absolute Gasteiger partial charge is 0.497 e. The van der Waals surface area contributed by atoms with Crippen LogP contribution in [-0.2, 0) is 21.4 Å². The van der Waals surface area contributed by atoms with E-state index in [4.69, 9.17) is 21.1 Å². The fraction of sp³-hybridized carbons (Fsp3) is 0.333. The van der Waals surface area contributed by atoms with E-state index in [1.165, 1.54) is 28.6 Å². The highest BCUT2D eigenvalue weighted by Crippen LogP contribution is 2.27. The Morgan fingerprint density at radius 2 is 1.63 bits per heavy atom. The van der Waals surface area contributed by atoms with E-state index in [0.717, 1.165) is 16.9 Å². The van der Waals surface area contributed by atoms with Crippen LogP contribution in [0.15, 0.2) is 77.7 Å². The third kappa shape index (κ3) is 7.42. The monoisotopic (exact) mass is 566 g/mol. The summed E-state index contributed by atoms with van der Waals surface area (Å²) >= 11 is 6.12. The second kappa shape index (κ2) is 12.9. The number of alkyl halides is 2. The minimum absolute atomic E-state index is 0.0340. The summed E-state index contributed by atoms with van der Waals surface area (Å²) in [6.07, 6.45) is -0.283. The third-order valence-electron chi connectivity index (χ3n) is 6.25. The quantitative estimate of drug-likeness (QED) is 0.317. The Labute approximate surface area is 226 Å². The van der Waals surface area contributed by atoms with Crippen molar-refractivity contribution in [3.63, 3.8) is 0 Å². The number of nitrogens with zero attached hydrogens (tertiary/aromatic N) is 2. The normalized spacial score (nSPS) is 15.9. The Balaban J connectivity index is 1.41. The van der Waals surface area contributed by atoms with Gasteiger partial charge in [-0.1, -0.05) is 35.9 Å². The summed E-state index contributed by atoms with van der Waals surface area (Å²) in [6, 6.07) is 20.2. The van der Waals surface area contributed by atoms with Gasteiger partial charge in [-0.2, -0.15) is 13.1 Å². The first kappa shape index (κ1) is 28.3. The molecule has 0 aliphatic carbocycles. The number of hydrogen-bond donors (Lipinski definition) is 0. The van der Waals surface area contributed by atoms with Crippen molar-refractivity contribution in [2.24, 2.45) is 0 Å². The first-order chi connectivity index (χ1) is 18.2. The summed E-state index contributed by atoms with van der Waals surface area (Å²) in [5.74, 6) is 0.630. The van der Waals surface area contributed by atoms with Crippen molar-refractivity contribution in [2.45, 2.75) is 24.2 Å². The topological polar surface area (TPSA) is 68.3 Å². The van der Waals surface area contributed by atoms with Crippen molar-refractivity contribution < 1.29 is 31.4 Å². The Hall–Kier alpha value is -2.76. The smallest absolute Gasteiger partial charge is 0.387 e. The molecule has 0 amide bonds. The number of sulfonamides is 1. The maximum Gasteiger partial charge on any atom is 0.387 e. The summed E-state index contributed by atoms with van der Waals surface area (Å²) in [4.78, 5) is 2.19. The molecule has 0 spiro atoms. The number of rotatable bonds is 11. The minimum Gasteiger partial charge on any atom is -0.497 e. The number of hydrogen-bond acceptors (Lipinski definition) is 6. The van der Waals surface area contributed by atoms with Crippen LogP contribution < -0.4 is 9.47 Å². The molecule has 1 aliphatic rings. The Morgan fingerprint density at radius 1 is 0.921 bits per heavy atom. The van der Waals surface area contributed by atoms with Crippen LogP contribution in [0.3, 0.4) is 0 Å². The highest BCUT2D eigenvalue weighted by atomic mass is 35.5. The van der Waals surface area contributed by atoms with Gasteiger partial charge in [0.25, 0.3) is 0 Å². The van der Waals surface area contributed by atoms with Crippen molar-refractivity contribution >= 4 is 21.6 Å². The van der Waals surface area contributed by atoms with E-state index in [2.05, 4.69) is 9.64 Å². The van der Waals surface area contributed by atoms with Gasteiger partial charge >= 0.3 is 6.61 Å². The molecule has 0 saturated carbocycles. The van der Waals surface area contributed by atoms with E-state index >= 15 is 0 Å². The molecule has 1 heterocycles. The van der Waals surface area contributed by atoms with Crippen LogP contribution >= 0.6 is 11.6 Å². The lowest BCUT2D eigenvalue weighted by Gasteiger charge is -2.36. The van der Waals surface area contributed by atoms with E-state index in [1.54, 1.807) is 7.11 Å². The predicted octanol–water partition coefficient (Wildman–Crippen LogP) is 5.21. The van der Waals surface area contributed by atoms with Gasteiger partial charge < -0.3 is 14.2 Å². The molecule has 1 aliphatic heterocycles. The van der Waals surface area contributed by atoms with Gasteiger partial charge in [0.15, 0.2) is 0 Å². The molecule has 0 unspecified atom stereocenters. The third-order valence-corrected chi connectivity index (χ3v) is 8.40. The van der Waals surface area contributed by atoms with Crippen molar-refractivity contribution in [3.8, 4) is 11.5 Å². The summed E-state index contributed by atoms with van der Waals surface area (Å²) in [5.41, 5.74) is 1.90. The maximum atomic E-state index is 13.1. The van der Waals surface area contributed by atoms with Crippen LogP contribution in [0.1, 0.15) is 17.2 Å². The molecular weight excluding hydrogens is 538 g/mol. The van der Waals surface area contributed by atoms with Crippen molar-refractivity contribution in [2.75, 3.05) is 39.8 Å². The van der Waals surface area contributed by atoms with Gasteiger partial charge in [-0.3, -0.25) is 4.90 Å². The number of ether oxygens (including phenoxy) is 3. The fourth-order valence-electron chi connectivity index (χ4n) is 4.25. The molecule has 0 bridgehead atoms. The number of piperazine rings is 1. The molecule has 7 nitrogen and oxygen atoms in total. The van der Waals surface area contributed by atoms with Crippen LogP contribution in [0.5, 0.6) is 11.5 Å². The standard InChI is InChI=1S/C27H29ClF2N2O5S/c1-35-24-7-3-5-21(17-24)26(36-19-20-4-2-6-22(28)16-20)18-31-12-14-32(15-13-31)38(33,34)25-10-8-23(9-11-25)37-27(29)30/h2-11,16-17,26-27H,12-15,18-19H2,1H3/t26-/m1/s1. The van der Waals surface area contributed by atoms with Crippen LogP contribution in [0.25, 0.3) is 0 Å². The van der Waals surface area contributed by atoms with Gasteiger partial charge in [-0.15, -0.1) is 0 Å². The molecule has 0 aromatic heterocycles. The molecule has 1 atom stereocenters. The van der Waals surface area contributed by atoms with Gasteiger partial charge in [-0.25, -0.2) is 8.42 Å². The van der Waals surface area contributed by atoms with Gasteiger partial charge in [0.1, 0.15) is 11.5 Å². The van der Waals surface area contributed by atoms with Crippen LogP contribution in [0.4, 0.5) is 8.78 Å². The maximum absolute atomic E-state index is 13.1. The van der Waals surface area contributed by atoms with Crippen molar-refractivity contribution in [1.29, 1.82) is 0 Å². The Kier molecular flexibility index (Phi) is 9.56. The number of benzene rings is 3. The molecule has 38 heavy (non-hydrogen) atoms. The zero-order valence-corrected chi connectivity index (χ0v) is 22.4. The average Bonchev–Trinajstić information content (AvgIpc) is 2.91. The summed E-state index contributed by atoms with van der Waals surface area (Å²) < 4.78 is 68.4. The number of halogens is 3. The first-order valence-electron chi connectivity index (χ1n) is 12.0. The van der Waals surface area contributed by atoms with Crippen molar-refractivity contribution in [3.05, 3.63) is 88.9 Å². The summed E-state index contributed by atoms with van der Waals surface area (Å²) in [5, 5.41) is 0.637. The molecule has 3 aromatic rings. The summed E-state index contributed by atoms with van der Waals surface area (Å²) in [6.45, 7) is -0.461. The van der Waals surface area contributed by atoms with Gasteiger partial charge in [-0.05, 0) is 59.7 Å². The van der Waals surface area contributed by atoms with Gasteiger partial charge in [0, 0.05) is 37.7 Å². The second-order valence-corrected chi connectivity index (χ2v) is 11.1. The van der Waals surface area contributed by atoms with E-state index < -0.39 is 16.6 Å². The molecule has 11 heteroatoms. The lowest BCUT2D eigenvalue weighted by Crippen LogP contribution is -2.49. The molecule has 0 N–H and O–H groups in total. The van der Waals surface area contributed by atoms with Crippen LogP contribution in [0, 0.1) is 0 Å². The molecule has 204 valence electrons. The van der Waals surface area contributed by atoms with E-state index in [-0.39, 0.29) is 29.8 Å². The SMILES string of the molecule is COc1cccc([C@@H](CN2CCN(S(=O)(=O)c3ccc(OC(F)F)cc3)CC2)OCc2cccc(Cl)c2)c1. The molecule has 4 rings (SSSR count). The molecule has 0 radical (unpaired) electrons. The first-order valence-corrected chi connectivity index (χ1v) is 13.8. The second-order valence-electron chi connectivity index (χ2n) is 8.76. The lowest BCUT2D eigenvalue weighted by molar-refractivity contribution is -0.0498. The van der Waals surface area contributed by atoms with E-state index in [1.807, 2.05) is 48.5 Å². The average molecular weight is 567 g/mol. The predicted molar refractivity (Wildman–Crippen MR) is 140 cm³/mol. The van der Waals surface area contributed by atoms with Crippen molar-refractivity contribution in [1.82, 2.24) is 9.21 Å². The van der Waals surface area contributed by atoms with Gasteiger partial charge in [0.2, 0.25) is 10.0 Å². The van der Waals surface area contributed by atoms with E-state index in [0.29, 0.717) is 31.3 Å². The molecule has 1 fully saturated rings. The van der Waals surface area contributed by atoms with E-state index in [9.17, 15) is 17.2 Å². The highest BCUT2D eigenvalue weighted by molar-refractivity contribution is 7.89. The summed E-state index contributed by atoms with van der Waals surface area (Å²) in [7, 11) is -2.16. The molecule has 1 saturated heterocycles. The minimum atomic E-state index is -3.77. The van der Waals surface area contributed by atoms with Crippen LogP contribution in [-0.4, -0.2) is 64.1 Å². The highest BCUT2D eigenvalue weighted by Gasteiger charge is 2.30. The lowest BCUT2D eigenvalue weighted by atomic mass is 10.1. The van der Waals surface area contributed by atoms with Gasteiger partial charge in [0.05, 0.1) is 24.7 Å². The fourth-order valence-corrected chi connectivity index (χ4v) is 5.88. The Bertz CT molecular complexity index is 1300. The molecule has 3 aromatic carbocycles. The zero-order chi connectivity index (χ0) is 27.1. The Morgan fingerprint density at radius 3 is 2.29 bits per heavy atom. The number of methoxy groups -OCH3 is 1.